The van der Waals surface area contributed by atoms with E-state index in [1.54, 1.807) is 0 Å². The van der Waals surface area contributed by atoms with E-state index in [4.69, 9.17) is 0 Å². The van der Waals surface area contributed by atoms with Gasteiger partial charge in [-0.15, -0.1) is 0 Å². The lowest BCUT2D eigenvalue weighted by Gasteiger charge is -1.90. The van der Waals surface area contributed by atoms with Crippen LogP contribution in [0.25, 0.3) is 0 Å². The van der Waals surface area contributed by atoms with Gasteiger partial charge in [-0.2, -0.15) is 0 Å². The molecule has 0 aliphatic heterocycles. The summed E-state index contributed by atoms with van der Waals surface area (Å²) in [4.78, 5) is 0. The van der Waals surface area contributed by atoms with E-state index in [1.165, 1.54) is 44.9 Å². The van der Waals surface area contributed by atoms with Crippen molar-refractivity contribution in [2.45, 2.75) is 58.8 Å². The van der Waals surface area contributed by atoms with Gasteiger partial charge in [0.25, 0.3) is 0 Å². The maximum absolute atomic E-state index is 2.28. The number of hydrogen-bond acceptors (Lipinski definition) is 0. The number of unbranched alkanes of at least 4 members (excludes halogenated alkanes) is 5. The van der Waals surface area contributed by atoms with Gasteiger partial charge in [0.05, 0.1) is 0 Å². The quantitative estimate of drug-likeness (QED) is 0.369. The topological polar surface area (TPSA) is 0 Å². The Morgan fingerprint density at radius 3 is 1.77 bits per heavy atom. The minimum atomic E-state index is 1.23. The number of hydrogen-bond donors (Lipinski definition) is 0. The molecule has 0 aromatic carbocycles. The van der Waals surface area contributed by atoms with Gasteiger partial charge >= 0.3 is 0 Å². The van der Waals surface area contributed by atoms with Gasteiger partial charge in [0.15, 0.2) is 0 Å². The second-order valence-electron chi connectivity index (χ2n) is 3.49. The van der Waals surface area contributed by atoms with E-state index in [9.17, 15) is 0 Å². The smallest absolute Gasteiger partial charge is 0.0348 e. The zero-order valence-electron chi connectivity index (χ0n) is 9.26. The molecule has 0 aromatic heterocycles. The first-order valence-electron chi connectivity index (χ1n) is 5.73. The van der Waals surface area contributed by atoms with Crippen LogP contribution in [0.15, 0.2) is 24.3 Å². The molecule has 0 saturated carbocycles. The van der Waals surface area contributed by atoms with Crippen molar-refractivity contribution < 1.29 is 0 Å². The van der Waals surface area contributed by atoms with E-state index in [0.717, 1.165) is 0 Å². The van der Waals surface area contributed by atoms with E-state index >= 15 is 0 Å². The van der Waals surface area contributed by atoms with E-state index in [2.05, 4.69) is 38.2 Å². The number of allylic oxidation sites excluding steroid dienone is 4. The van der Waals surface area contributed by atoms with Gasteiger partial charge in [-0.05, 0) is 19.3 Å². The second-order valence-corrected chi connectivity index (χ2v) is 3.49. The molecule has 0 nitrogen and oxygen atoms in total. The average molecular weight is 180 g/mol. The van der Waals surface area contributed by atoms with Crippen molar-refractivity contribution in [2.24, 2.45) is 0 Å². The fourth-order valence-corrected chi connectivity index (χ4v) is 1.18. The van der Waals surface area contributed by atoms with Crippen molar-refractivity contribution in [2.75, 3.05) is 0 Å². The van der Waals surface area contributed by atoms with Crippen molar-refractivity contribution in [1.29, 1.82) is 0 Å². The lowest BCUT2D eigenvalue weighted by Crippen LogP contribution is -1.70. The van der Waals surface area contributed by atoms with Gasteiger partial charge in [-0.3, -0.25) is 0 Å². The van der Waals surface area contributed by atoms with E-state index < -0.39 is 0 Å². The summed E-state index contributed by atoms with van der Waals surface area (Å²) in [6.45, 7) is 4.47. The Bertz CT molecular complexity index is 131. The molecule has 0 amide bonds. The Morgan fingerprint density at radius 2 is 1.23 bits per heavy atom. The first-order valence-corrected chi connectivity index (χ1v) is 5.73. The standard InChI is InChI=1S/C13H24/c1-3-5-7-9-11-13-12-10-8-6-4-2/h9,11-13H,3-8,10H2,1-2H3/b11-9+,13-12+. The monoisotopic (exact) mass is 180 g/mol. The summed E-state index contributed by atoms with van der Waals surface area (Å²) in [6.07, 6.45) is 18.0. The molecule has 0 heteroatoms. The van der Waals surface area contributed by atoms with Crippen LogP contribution in [0.2, 0.25) is 0 Å². The van der Waals surface area contributed by atoms with Crippen molar-refractivity contribution in [3.63, 3.8) is 0 Å². The predicted octanol–water partition coefficient (Wildman–Crippen LogP) is 4.87. The Hall–Kier alpha value is -0.520. The molecular formula is C13H24. The van der Waals surface area contributed by atoms with Crippen LogP contribution < -0.4 is 0 Å². The normalized spacial score (nSPS) is 11.8. The highest BCUT2D eigenvalue weighted by molar-refractivity contribution is 5.02. The van der Waals surface area contributed by atoms with Crippen LogP contribution in [-0.4, -0.2) is 0 Å². The van der Waals surface area contributed by atoms with Crippen LogP contribution in [0.4, 0.5) is 0 Å². The molecule has 76 valence electrons. The third-order valence-electron chi connectivity index (χ3n) is 2.08. The summed E-state index contributed by atoms with van der Waals surface area (Å²) in [7, 11) is 0. The highest BCUT2D eigenvalue weighted by Gasteiger charge is 1.80. The molecule has 0 saturated heterocycles. The molecule has 0 aliphatic rings. The SMILES string of the molecule is CCCC/C=C/C=C/CCCCC. The lowest BCUT2D eigenvalue weighted by atomic mass is 10.2. The van der Waals surface area contributed by atoms with Crippen LogP contribution in [0.1, 0.15) is 58.8 Å². The van der Waals surface area contributed by atoms with Crippen LogP contribution in [0, 0.1) is 0 Å². The van der Waals surface area contributed by atoms with Crippen molar-refractivity contribution in [3.8, 4) is 0 Å². The molecule has 0 unspecified atom stereocenters. The predicted molar refractivity (Wildman–Crippen MR) is 61.9 cm³/mol. The molecule has 0 rings (SSSR count). The van der Waals surface area contributed by atoms with Crippen LogP contribution in [0.3, 0.4) is 0 Å². The maximum Gasteiger partial charge on any atom is -0.0348 e. The molecule has 0 spiro atoms. The highest BCUT2D eigenvalue weighted by atomic mass is 13.9. The largest absolute Gasteiger partial charge is 0.0845 e. The van der Waals surface area contributed by atoms with Crippen LogP contribution >= 0.6 is 0 Å². The van der Waals surface area contributed by atoms with Crippen molar-refractivity contribution in [1.82, 2.24) is 0 Å². The Labute approximate surface area is 83.7 Å². The third-order valence-corrected chi connectivity index (χ3v) is 2.08. The zero-order valence-corrected chi connectivity index (χ0v) is 9.26. The zero-order chi connectivity index (χ0) is 9.78. The van der Waals surface area contributed by atoms with Gasteiger partial charge < -0.3 is 0 Å². The summed E-state index contributed by atoms with van der Waals surface area (Å²) in [5.41, 5.74) is 0. The summed E-state index contributed by atoms with van der Waals surface area (Å²) in [6, 6.07) is 0. The van der Waals surface area contributed by atoms with Crippen molar-refractivity contribution >= 4 is 0 Å². The van der Waals surface area contributed by atoms with E-state index in [0.29, 0.717) is 0 Å². The summed E-state index contributed by atoms with van der Waals surface area (Å²) < 4.78 is 0. The molecule has 13 heavy (non-hydrogen) atoms. The average Bonchev–Trinajstić information content (AvgIpc) is 2.16. The van der Waals surface area contributed by atoms with Crippen molar-refractivity contribution in [3.05, 3.63) is 24.3 Å². The third kappa shape index (κ3) is 11.5. The summed E-state index contributed by atoms with van der Waals surface area (Å²) in [5, 5.41) is 0. The summed E-state index contributed by atoms with van der Waals surface area (Å²) in [5.74, 6) is 0. The first-order chi connectivity index (χ1) is 6.41. The molecule has 0 radical (unpaired) electrons. The lowest BCUT2D eigenvalue weighted by molar-refractivity contribution is 0.729. The van der Waals surface area contributed by atoms with Gasteiger partial charge in [-0.1, -0.05) is 63.8 Å². The summed E-state index contributed by atoms with van der Waals surface area (Å²) >= 11 is 0. The molecule has 0 bridgehead atoms. The fraction of sp³-hybridized carbons (Fsp3) is 0.692. The minimum Gasteiger partial charge on any atom is -0.0845 e. The maximum atomic E-state index is 2.28. The molecular weight excluding hydrogens is 156 g/mol. The van der Waals surface area contributed by atoms with Gasteiger partial charge in [-0.25, -0.2) is 0 Å². The van der Waals surface area contributed by atoms with Gasteiger partial charge in [0, 0.05) is 0 Å². The minimum absolute atomic E-state index is 1.23. The molecule has 0 aliphatic carbocycles. The second kappa shape index (κ2) is 11.5. The van der Waals surface area contributed by atoms with Gasteiger partial charge in [0.1, 0.15) is 0 Å². The first kappa shape index (κ1) is 12.5. The Balaban J connectivity index is 3.15. The van der Waals surface area contributed by atoms with Gasteiger partial charge in [0.2, 0.25) is 0 Å². The van der Waals surface area contributed by atoms with Crippen LogP contribution in [0.5, 0.6) is 0 Å². The Kier molecular flexibility index (Phi) is 11.0. The van der Waals surface area contributed by atoms with Crippen LogP contribution in [-0.2, 0) is 0 Å². The molecule has 0 aromatic rings. The molecule has 0 heterocycles. The van der Waals surface area contributed by atoms with E-state index in [-0.39, 0.29) is 0 Å². The Morgan fingerprint density at radius 1 is 0.692 bits per heavy atom. The highest BCUT2D eigenvalue weighted by Crippen LogP contribution is 2.00. The fourth-order valence-electron chi connectivity index (χ4n) is 1.18. The molecule has 0 atom stereocenters. The molecule has 0 N–H and O–H groups in total. The number of rotatable bonds is 8. The van der Waals surface area contributed by atoms with E-state index in [1.807, 2.05) is 0 Å². The molecule has 0 fully saturated rings.